The molecular weight excluding hydrogens is 283 g/mol. The minimum Gasteiger partial charge on any atom is -0.334 e. The number of amides is 1. The van der Waals surface area contributed by atoms with Crippen LogP contribution >= 0.6 is 0 Å². The van der Waals surface area contributed by atoms with Gasteiger partial charge >= 0.3 is 0 Å². The molecule has 5 nitrogen and oxygen atoms in total. The van der Waals surface area contributed by atoms with Gasteiger partial charge in [0.05, 0.1) is 23.9 Å². The van der Waals surface area contributed by atoms with Gasteiger partial charge in [-0.2, -0.15) is 0 Å². The van der Waals surface area contributed by atoms with E-state index < -0.39 is 0 Å². The standard InChI is InChI=1S/C16H17FN4O/c1-21-10-19-9-12(21)3-5-15(22)20-14-4-2-11-8-18-7-6-13(11)16(14)17/h2-5,9-10,18H,6-8H2,1H3,(H,20,22). The molecule has 1 aromatic carbocycles. The van der Waals surface area contributed by atoms with E-state index in [0.29, 0.717) is 18.5 Å². The minimum absolute atomic E-state index is 0.223. The predicted octanol–water partition coefficient (Wildman–Crippen LogP) is 1.86. The van der Waals surface area contributed by atoms with Crippen LogP contribution in [0.2, 0.25) is 0 Å². The lowest BCUT2D eigenvalue weighted by atomic mass is 9.99. The van der Waals surface area contributed by atoms with Crippen LogP contribution in [-0.2, 0) is 24.8 Å². The van der Waals surface area contributed by atoms with Crippen LogP contribution in [0.5, 0.6) is 0 Å². The Balaban J connectivity index is 1.74. The first kappa shape index (κ1) is 14.5. The van der Waals surface area contributed by atoms with Gasteiger partial charge in [0.1, 0.15) is 5.82 Å². The maximum Gasteiger partial charge on any atom is 0.248 e. The lowest BCUT2D eigenvalue weighted by molar-refractivity contribution is -0.111. The minimum atomic E-state index is -0.367. The summed E-state index contributed by atoms with van der Waals surface area (Å²) in [5.41, 5.74) is 2.66. The number of nitrogens with zero attached hydrogens (tertiary/aromatic N) is 2. The lowest BCUT2D eigenvalue weighted by Gasteiger charge is -2.19. The van der Waals surface area contributed by atoms with E-state index in [1.807, 2.05) is 13.1 Å². The number of anilines is 1. The topological polar surface area (TPSA) is 59.0 Å². The van der Waals surface area contributed by atoms with Crippen LogP contribution in [0.25, 0.3) is 6.08 Å². The van der Waals surface area contributed by atoms with Crippen molar-refractivity contribution in [2.45, 2.75) is 13.0 Å². The Morgan fingerprint density at radius 3 is 3.14 bits per heavy atom. The Morgan fingerprint density at radius 2 is 2.36 bits per heavy atom. The molecule has 2 aromatic rings. The van der Waals surface area contributed by atoms with Crippen molar-refractivity contribution < 1.29 is 9.18 Å². The molecule has 0 bridgehead atoms. The maximum atomic E-state index is 14.4. The van der Waals surface area contributed by atoms with E-state index in [1.54, 1.807) is 29.2 Å². The van der Waals surface area contributed by atoms with Gasteiger partial charge in [0, 0.05) is 19.7 Å². The Hall–Kier alpha value is -2.47. The summed E-state index contributed by atoms with van der Waals surface area (Å²) >= 11 is 0. The van der Waals surface area contributed by atoms with Crippen LogP contribution in [0.15, 0.2) is 30.7 Å². The Labute approximate surface area is 127 Å². The SMILES string of the molecule is Cn1cncc1C=CC(=O)Nc1ccc2c(c1F)CCNC2. The van der Waals surface area contributed by atoms with Crippen LogP contribution in [-0.4, -0.2) is 22.0 Å². The fraction of sp³-hybridized carbons (Fsp3) is 0.250. The van der Waals surface area contributed by atoms with Gasteiger partial charge in [-0.1, -0.05) is 6.07 Å². The second-order valence-corrected chi connectivity index (χ2v) is 5.24. The van der Waals surface area contributed by atoms with Gasteiger partial charge in [-0.25, -0.2) is 9.37 Å². The monoisotopic (exact) mass is 300 g/mol. The molecule has 6 heteroatoms. The summed E-state index contributed by atoms with van der Waals surface area (Å²) in [4.78, 5) is 15.9. The first-order valence-electron chi connectivity index (χ1n) is 7.11. The van der Waals surface area contributed by atoms with Crippen molar-refractivity contribution >= 4 is 17.7 Å². The highest BCUT2D eigenvalue weighted by atomic mass is 19.1. The van der Waals surface area contributed by atoms with Gasteiger partial charge < -0.3 is 15.2 Å². The number of nitrogens with one attached hydrogen (secondary N) is 2. The van der Waals surface area contributed by atoms with Crippen molar-refractivity contribution in [2.24, 2.45) is 7.05 Å². The molecule has 2 heterocycles. The highest BCUT2D eigenvalue weighted by molar-refractivity contribution is 6.01. The molecular formula is C16H17FN4O. The van der Waals surface area contributed by atoms with E-state index >= 15 is 0 Å². The van der Waals surface area contributed by atoms with Gasteiger partial charge in [0.25, 0.3) is 0 Å². The van der Waals surface area contributed by atoms with Gasteiger partial charge in [0.2, 0.25) is 5.91 Å². The highest BCUT2D eigenvalue weighted by Crippen LogP contribution is 2.24. The molecule has 2 N–H and O–H groups in total. The quantitative estimate of drug-likeness (QED) is 0.851. The fourth-order valence-corrected chi connectivity index (χ4v) is 2.49. The molecule has 22 heavy (non-hydrogen) atoms. The van der Waals surface area contributed by atoms with Crippen LogP contribution in [0, 0.1) is 5.82 Å². The summed E-state index contributed by atoms with van der Waals surface area (Å²) in [6.45, 7) is 1.42. The van der Waals surface area contributed by atoms with Crippen LogP contribution < -0.4 is 10.6 Å². The van der Waals surface area contributed by atoms with Crippen molar-refractivity contribution in [1.82, 2.24) is 14.9 Å². The van der Waals surface area contributed by atoms with Gasteiger partial charge in [-0.15, -0.1) is 0 Å². The van der Waals surface area contributed by atoms with Crippen molar-refractivity contribution in [3.05, 3.63) is 53.4 Å². The summed E-state index contributed by atoms with van der Waals surface area (Å²) in [5, 5.41) is 5.79. The van der Waals surface area contributed by atoms with Crippen molar-refractivity contribution in [3.8, 4) is 0 Å². The molecule has 0 saturated carbocycles. The number of carbonyl (C=O) groups is 1. The molecule has 0 atom stereocenters. The largest absolute Gasteiger partial charge is 0.334 e. The molecule has 3 rings (SSSR count). The average Bonchev–Trinajstić information content (AvgIpc) is 2.93. The number of halogens is 1. The Morgan fingerprint density at radius 1 is 1.50 bits per heavy atom. The number of benzene rings is 1. The zero-order chi connectivity index (χ0) is 15.5. The lowest BCUT2D eigenvalue weighted by Crippen LogP contribution is -2.25. The van der Waals surface area contributed by atoms with E-state index in [4.69, 9.17) is 0 Å². The summed E-state index contributed by atoms with van der Waals surface area (Å²) in [6.07, 6.45) is 6.95. The summed E-state index contributed by atoms with van der Waals surface area (Å²) < 4.78 is 16.2. The number of hydrogen-bond donors (Lipinski definition) is 2. The normalized spacial score (nSPS) is 14.1. The number of aromatic nitrogens is 2. The number of carbonyl (C=O) groups excluding carboxylic acids is 1. The molecule has 0 unspecified atom stereocenters. The summed E-state index contributed by atoms with van der Waals surface area (Å²) in [5.74, 6) is -0.699. The maximum absolute atomic E-state index is 14.4. The second-order valence-electron chi connectivity index (χ2n) is 5.24. The molecule has 0 aliphatic carbocycles. The first-order valence-corrected chi connectivity index (χ1v) is 7.11. The number of fused-ring (bicyclic) bond motifs is 1. The molecule has 0 radical (unpaired) electrons. The fourth-order valence-electron chi connectivity index (χ4n) is 2.49. The number of hydrogen-bond acceptors (Lipinski definition) is 3. The van der Waals surface area contributed by atoms with Gasteiger partial charge in [-0.05, 0) is 36.2 Å². The molecule has 114 valence electrons. The van der Waals surface area contributed by atoms with E-state index in [0.717, 1.165) is 17.8 Å². The van der Waals surface area contributed by atoms with E-state index in [1.165, 1.54) is 6.08 Å². The average molecular weight is 300 g/mol. The van der Waals surface area contributed by atoms with Crippen LogP contribution in [0.3, 0.4) is 0 Å². The molecule has 0 spiro atoms. The van der Waals surface area contributed by atoms with Crippen molar-refractivity contribution in [3.63, 3.8) is 0 Å². The third-order valence-electron chi connectivity index (χ3n) is 3.72. The number of aryl methyl sites for hydroxylation is 1. The summed E-state index contributed by atoms with van der Waals surface area (Å²) in [7, 11) is 1.84. The van der Waals surface area contributed by atoms with Gasteiger partial charge in [0.15, 0.2) is 0 Å². The van der Waals surface area contributed by atoms with E-state index in [-0.39, 0.29) is 17.4 Å². The van der Waals surface area contributed by atoms with Gasteiger partial charge in [-0.3, -0.25) is 4.79 Å². The van der Waals surface area contributed by atoms with Crippen molar-refractivity contribution in [1.29, 1.82) is 0 Å². The molecule has 0 saturated heterocycles. The third-order valence-corrected chi connectivity index (χ3v) is 3.72. The molecule has 1 amide bonds. The predicted molar refractivity (Wildman–Crippen MR) is 82.7 cm³/mol. The molecule has 1 aliphatic heterocycles. The van der Waals surface area contributed by atoms with Crippen molar-refractivity contribution in [2.75, 3.05) is 11.9 Å². The Kier molecular flexibility index (Phi) is 4.02. The first-order chi connectivity index (χ1) is 10.6. The van der Waals surface area contributed by atoms with Crippen LogP contribution in [0.4, 0.5) is 10.1 Å². The molecule has 0 fully saturated rings. The summed E-state index contributed by atoms with van der Waals surface area (Å²) in [6, 6.07) is 3.46. The zero-order valence-electron chi connectivity index (χ0n) is 12.3. The number of rotatable bonds is 3. The smallest absolute Gasteiger partial charge is 0.248 e. The third kappa shape index (κ3) is 2.92. The van der Waals surface area contributed by atoms with E-state index in [9.17, 15) is 9.18 Å². The molecule has 1 aromatic heterocycles. The number of imidazole rings is 1. The van der Waals surface area contributed by atoms with E-state index in [2.05, 4.69) is 15.6 Å². The van der Waals surface area contributed by atoms with Crippen LogP contribution in [0.1, 0.15) is 16.8 Å². The highest BCUT2D eigenvalue weighted by Gasteiger charge is 2.16. The Bertz CT molecular complexity index is 736. The zero-order valence-corrected chi connectivity index (χ0v) is 12.3. The second kappa shape index (κ2) is 6.11. The molecule has 1 aliphatic rings.